The van der Waals surface area contributed by atoms with Gasteiger partial charge in [0.15, 0.2) is 0 Å². The summed E-state index contributed by atoms with van der Waals surface area (Å²) in [6, 6.07) is 4.31. The Bertz CT molecular complexity index is 554. The lowest BCUT2D eigenvalue weighted by molar-refractivity contribution is -0.137. The first-order chi connectivity index (χ1) is 8.80. The lowest BCUT2D eigenvalue weighted by Gasteiger charge is -2.20. The molecule has 1 aromatic carbocycles. The summed E-state index contributed by atoms with van der Waals surface area (Å²) < 4.78 is 25.6. The minimum Gasteiger partial charge on any atom is -0.480 e. The molecule has 0 unspecified atom stereocenters. The molecule has 0 atom stereocenters. The minimum atomic E-state index is -4.03. The molecule has 5 nitrogen and oxygen atoms in total. The van der Waals surface area contributed by atoms with Crippen LogP contribution in [-0.4, -0.2) is 36.9 Å². The lowest BCUT2D eigenvalue weighted by atomic mass is 10.4. The fraction of sp³-hybridized carbons (Fsp3) is 0.364. The molecule has 19 heavy (non-hydrogen) atoms. The SMILES string of the molecule is CCCN(CC(=O)O)S(=O)(=O)c1c(Cl)cccc1Cl. The number of halogens is 2. The molecule has 0 aromatic heterocycles. The van der Waals surface area contributed by atoms with Crippen LogP contribution in [0.1, 0.15) is 13.3 Å². The number of carbonyl (C=O) groups is 1. The Hall–Kier alpha value is -0.820. The average Bonchev–Trinajstić information content (AvgIpc) is 2.27. The van der Waals surface area contributed by atoms with E-state index in [1.165, 1.54) is 18.2 Å². The summed E-state index contributed by atoms with van der Waals surface area (Å²) in [5.74, 6) is -1.24. The Morgan fingerprint density at radius 3 is 2.26 bits per heavy atom. The number of nitrogens with zero attached hydrogens (tertiary/aromatic N) is 1. The molecule has 0 saturated heterocycles. The summed E-state index contributed by atoms with van der Waals surface area (Å²) in [5, 5.41) is 8.73. The second kappa shape index (κ2) is 6.56. The quantitative estimate of drug-likeness (QED) is 0.871. The second-order valence-electron chi connectivity index (χ2n) is 3.78. The highest BCUT2D eigenvalue weighted by Gasteiger charge is 2.29. The van der Waals surface area contributed by atoms with Crippen LogP contribution in [0.15, 0.2) is 23.1 Å². The fourth-order valence-corrected chi connectivity index (χ4v) is 4.12. The van der Waals surface area contributed by atoms with Gasteiger partial charge in [-0.15, -0.1) is 0 Å². The zero-order valence-corrected chi connectivity index (χ0v) is 12.5. The average molecular weight is 326 g/mol. The van der Waals surface area contributed by atoms with Crippen LogP contribution in [0.4, 0.5) is 0 Å². The van der Waals surface area contributed by atoms with E-state index < -0.39 is 22.5 Å². The highest BCUT2D eigenvalue weighted by Crippen LogP contribution is 2.31. The normalized spacial score (nSPS) is 11.8. The van der Waals surface area contributed by atoms with E-state index in [0.717, 1.165) is 4.31 Å². The Labute approximate surface area is 121 Å². The number of hydrogen-bond acceptors (Lipinski definition) is 3. The number of rotatable bonds is 6. The molecule has 1 rings (SSSR count). The number of hydrogen-bond donors (Lipinski definition) is 1. The van der Waals surface area contributed by atoms with Crippen LogP contribution in [0, 0.1) is 0 Å². The number of sulfonamides is 1. The van der Waals surface area contributed by atoms with Gasteiger partial charge in [-0.25, -0.2) is 8.42 Å². The summed E-state index contributed by atoms with van der Waals surface area (Å²) in [7, 11) is -4.03. The van der Waals surface area contributed by atoms with Crippen LogP contribution in [0.5, 0.6) is 0 Å². The van der Waals surface area contributed by atoms with Crippen molar-refractivity contribution in [1.82, 2.24) is 4.31 Å². The van der Waals surface area contributed by atoms with Gasteiger partial charge in [0, 0.05) is 6.54 Å². The van der Waals surface area contributed by atoms with Gasteiger partial charge in [-0.1, -0.05) is 36.2 Å². The molecular formula is C11H13Cl2NO4S. The lowest BCUT2D eigenvalue weighted by Crippen LogP contribution is -2.36. The van der Waals surface area contributed by atoms with Crippen LogP contribution in [0.2, 0.25) is 10.0 Å². The van der Waals surface area contributed by atoms with Crippen molar-refractivity contribution in [3.63, 3.8) is 0 Å². The Morgan fingerprint density at radius 1 is 1.32 bits per heavy atom. The van der Waals surface area contributed by atoms with Crippen LogP contribution < -0.4 is 0 Å². The molecule has 1 N–H and O–H groups in total. The summed E-state index contributed by atoms with van der Waals surface area (Å²) in [6.07, 6.45) is 0.481. The third-order valence-electron chi connectivity index (χ3n) is 2.30. The molecule has 0 aliphatic rings. The molecule has 0 bridgehead atoms. The number of carboxylic acids is 1. The van der Waals surface area contributed by atoms with E-state index in [4.69, 9.17) is 28.3 Å². The molecule has 0 aliphatic heterocycles. The predicted octanol–water partition coefficient (Wildman–Crippen LogP) is 2.48. The molecule has 0 saturated carbocycles. The molecule has 0 amide bonds. The van der Waals surface area contributed by atoms with Gasteiger partial charge in [0.05, 0.1) is 10.0 Å². The largest absolute Gasteiger partial charge is 0.480 e. The Morgan fingerprint density at radius 2 is 1.84 bits per heavy atom. The van der Waals surface area contributed by atoms with Gasteiger partial charge in [0.2, 0.25) is 10.0 Å². The number of aliphatic carboxylic acids is 1. The maximum absolute atomic E-state index is 12.4. The monoisotopic (exact) mass is 325 g/mol. The van der Waals surface area contributed by atoms with E-state index in [1.54, 1.807) is 6.92 Å². The van der Waals surface area contributed by atoms with Crippen molar-refractivity contribution in [2.75, 3.05) is 13.1 Å². The Balaban J connectivity index is 3.30. The second-order valence-corrected chi connectivity index (χ2v) is 6.47. The van der Waals surface area contributed by atoms with Crippen molar-refractivity contribution in [3.05, 3.63) is 28.2 Å². The van der Waals surface area contributed by atoms with Crippen molar-refractivity contribution in [2.24, 2.45) is 0 Å². The first-order valence-corrected chi connectivity index (χ1v) is 7.66. The summed E-state index contributed by atoms with van der Waals surface area (Å²) in [5.41, 5.74) is 0. The van der Waals surface area contributed by atoms with Gasteiger partial charge in [-0.3, -0.25) is 4.79 Å². The van der Waals surface area contributed by atoms with Gasteiger partial charge >= 0.3 is 5.97 Å². The molecule has 0 radical (unpaired) electrons. The van der Waals surface area contributed by atoms with E-state index in [0.29, 0.717) is 6.42 Å². The van der Waals surface area contributed by atoms with Crippen LogP contribution >= 0.6 is 23.2 Å². The zero-order valence-electron chi connectivity index (χ0n) is 10.1. The van der Waals surface area contributed by atoms with E-state index in [9.17, 15) is 13.2 Å². The molecule has 0 aliphatic carbocycles. The fourth-order valence-electron chi connectivity index (χ4n) is 1.54. The van der Waals surface area contributed by atoms with E-state index in [-0.39, 0.29) is 21.5 Å². The number of benzene rings is 1. The topological polar surface area (TPSA) is 74.7 Å². The van der Waals surface area contributed by atoms with Gasteiger partial charge in [0.1, 0.15) is 11.4 Å². The molecule has 0 heterocycles. The van der Waals surface area contributed by atoms with E-state index >= 15 is 0 Å². The van der Waals surface area contributed by atoms with E-state index in [1.807, 2.05) is 0 Å². The maximum atomic E-state index is 12.4. The molecule has 0 spiro atoms. The standard InChI is InChI=1S/C11H13Cl2NO4S/c1-2-6-14(7-10(15)16)19(17,18)11-8(12)4-3-5-9(11)13/h3-5H,2,6-7H2,1H3,(H,15,16). The third kappa shape index (κ3) is 3.82. The zero-order chi connectivity index (χ0) is 14.6. The van der Waals surface area contributed by atoms with Gasteiger partial charge in [-0.05, 0) is 18.6 Å². The van der Waals surface area contributed by atoms with Crippen LogP contribution in [-0.2, 0) is 14.8 Å². The summed E-state index contributed by atoms with van der Waals surface area (Å²) in [4.78, 5) is 10.5. The van der Waals surface area contributed by atoms with Crippen molar-refractivity contribution < 1.29 is 18.3 Å². The molecule has 106 valence electrons. The highest BCUT2D eigenvalue weighted by atomic mass is 35.5. The van der Waals surface area contributed by atoms with Crippen molar-refractivity contribution in [3.8, 4) is 0 Å². The molecule has 8 heteroatoms. The van der Waals surface area contributed by atoms with Gasteiger partial charge < -0.3 is 5.11 Å². The van der Waals surface area contributed by atoms with Gasteiger partial charge in [-0.2, -0.15) is 4.31 Å². The predicted molar refractivity (Wildman–Crippen MR) is 73.1 cm³/mol. The first kappa shape index (κ1) is 16.2. The summed E-state index contributed by atoms with van der Waals surface area (Å²) in [6.45, 7) is 1.20. The molecule has 0 fully saturated rings. The maximum Gasteiger partial charge on any atom is 0.318 e. The van der Waals surface area contributed by atoms with Crippen LogP contribution in [0.3, 0.4) is 0 Å². The highest BCUT2D eigenvalue weighted by molar-refractivity contribution is 7.89. The Kier molecular flexibility index (Phi) is 5.61. The molecule has 1 aromatic rings. The third-order valence-corrected chi connectivity index (χ3v) is 5.10. The first-order valence-electron chi connectivity index (χ1n) is 5.46. The number of carboxylic acid groups (broad SMARTS) is 1. The smallest absolute Gasteiger partial charge is 0.318 e. The van der Waals surface area contributed by atoms with Gasteiger partial charge in [0.25, 0.3) is 0 Å². The molecular weight excluding hydrogens is 313 g/mol. The van der Waals surface area contributed by atoms with Crippen molar-refractivity contribution in [2.45, 2.75) is 18.2 Å². The van der Waals surface area contributed by atoms with Crippen LogP contribution in [0.25, 0.3) is 0 Å². The van der Waals surface area contributed by atoms with Crippen molar-refractivity contribution >= 4 is 39.2 Å². The van der Waals surface area contributed by atoms with Crippen molar-refractivity contribution in [1.29, 1.82) is 0 Å². The van der Waals surface area contributed by atoms with E-state index in [2.05, 4.69) is 0 Å². The summed E-state index contributed by atoms with van der Waals surface area (Å²) >= 11 is 11.7. The minimum absolute atomic E-state index is 0.0287.